The molecule has 0 aliphatic carbocycles. The van der Waals surface area contributed by atoms with E-state index in [0.29, 0.717) is 11.5 Å². The molecule has 0 fully saturated rings. The zero-order chi connectivity index (χ0) is 17.4. The molecule has 0 spiro atoms. The molecule has 1 unspecified atom stereocenters. The predicted octanol–water partition coefficient (Wildman–Crippen LogP) is 2.83. The average Bonchev–Trinajstić information content (AvgIpc) is 2.89. The minimum Gasteiger partial charge on any atom is -0.464 e. The maximum Gasteiger partial charge on any atom is 0.241 e. The van der Waals surface area contributed by atoms with Crippen LogP contribution in [0.2, 0.25) is 0 Å². The molecule has 6 heteroatoms. The van der Waals surface area contributed by atoms with Crippen LogP contribution in [0, 0.1) is 34.6 Å². The molecule has 0 amide bonds. The predicted molar refractivity (Wildman–Crippen MR) is 89.0 cm³/mol. The van der Waals surface area contributed by atoms with E-state index >= 15 is 0 Å². The van der Waals surface area contributed by atoms with Gasteiger partial charge in [-0.3, -0.25) is 0 Å². The third-order valence-electron chi connectivity index (χ3n) is 4.12. The van der Waals surface area contributed by atoms with Gasteiger partial charge < -0.3 is 9.52 Å². The van der Waals surface area contributed by atoms with Crippen molar-refractivity contribution in [3.8, 4) is 0 Å². The molecule has 2 aromatic rings. The molecule has 1 atom stereocenters. The second kappa shape index (κ2) is 6.47. The molecule has 1 aromatic carbocycles. The van der Waals surface area contributed by atoms with E-state index in [1.807, 2.05) is 19.9 Å². The minimum absolute atomic E-state index is 0.138. The maximum atomic E-state index is 12.7. The van der Waals surface area contributed by atoms with Crippen LogP contribution in [0.25, 0.3) is 0 Å². The first-order valence-corrected chi connectivity index (χ1v) is 8.93. The maximum absolute atomic E-state index is 12.7. The minimum atomic E-state index is -3.71. The van der Waals surface area contributed by atoms with Crippen LogP contribution in [0.5, 0.6) is 0 Å². The monoisotopic (exact) mass is 337 g/mol. The zero-order valence-corrected chi connectivity index (χ0v) is 14.9. The standard InChI is InChI=1S/C17H23NO4S/c1-10-8-11(2)14(5)17(13(10)4)23(20,21)18-9-15(19)16-7-6-12(3)22-16/h6-8,15,18-19H,9H2,1-5H3. The highest BCUT2D eigenvalue weighted by Gasteiger charge is 2.23. The Balaban J connectivity index is 2.26. The number of nitrogens with one attached hydrogen (secondary N) is 1. The van der Waals surface area contributed by atoms with Crippen LogP contribution in [-0.4, -0.2) is 20.1 Å². The molecule has 126 valence electrons. The molecule has 1 aromatic heterocycles. The quantitative estimate of drug-likeness (QED) is 0.879. The molecule has 0 radical (unpaired) electrons. The van der Waals surface area contributed by atoms with E-state index in [-0.39, 0.29) is 11.4 Å². The van der Waals surface area contributed by atoms with Gasteiger partial charge in [-0.15, -0.1) is 0 Å². The summed E-state index contributed by atoms with van der Waals surface area (Å²) < 4.78 is 33.1. The lowest BCUT2D eigenvalue weighted by Gasteiger charge is -2.17. The second-order valence-corrected chi connectivity index (χ2v) is 7.61. The second-order valence-electron chi connectivity index (χ2n) is 5.91. The molecule has 2 N–H and O–H groups in total. The highest BCUT2D eigenvalue weighted by atomic mass is 32.2. The van der Waals surface area contributed by atoms with E-state index in [4.69, 9.17) is 4.42 Å². The lowest BCUT2D eigenvalue weighted by Crippen LogP contribution is -2.30. The fourth-order valence-electron chi connectivity index (χ4n) is 2.58. The summed E-state index contributed by atoms with van der Waals surface area (Å²) in [7, 11) is -3.71. The zero-order valence-electron chi connectivity index (χ0n) is 14.1. The number of hydrogen-bond donors (Lipinski definition) is 2. The fourth-order valence-corrected chi connectivity index (χ4v) is 4.23. The average molecular weight is 337 g/mol. The number of rotatable bonds is 5. The van der Waals surface area contributed by atoms with E-state index < -0.39 is 16.1 Å². The number of aliphatic hydroxyl groups is 1. The largest absolute Gasteiger partial charge is 0.464 e. The van der Waals surface area contributed by atoms with Crippen LogP contribution in [0.3, 0.4) is 0 Å². The van der Waals surface area contributed by atoms with E-state index in [1.165, 1.54) is 0 Å². The Labute approximate surface area is 137 Å². The van der Waals surface area contributed by atoms with Gasteiger partial charge in [-0.2, -0.15) is 0 Å². The van der Waals surface area contributed by atoms with Gasteiger partial charge in [0.1, 0.15) is 17.6 Å². The summed E-state index contributed by atoms with van der Waals surface area (Å²) in [5, 5.41) is 10.1. The SMILES string of the molecule is Cc1ccc(C(O)CNS(=O)(=O)c2c(C)c(C)cc(C)c2C)o1. The Kier molecular flexibility index (Phi) is 4.98. The summed E-state index contributed by atoms with van der Waals surface area (Å²) >= 11 is 0. The summed E-state index contributed by atoms with van der Waals surface area (Å²) in [6, 6.07) is 5.34. The summed E-state index contributed by atoms with van der Waals surface area (Å²) in [5.41, 5.74) is 3.30. The van der Waals surface area contributed by atoms with Crippen LogP contribution in [-0.2, 0) is 10.0 Å². The molecule has 0 bridgehead atoms. The van der Waals surface area contributed by atoms with Crippen molar-refractivity contribution in [2.45, 2.75) is 45.6 Å². The number of sulfonamides is 1. The highest BCUT2D eigenvalue weighted by Crippen LogP contribution is 2.26. The number of aryl methyl sites for hydroxylation is 3. The van der Waals surface area contributed by atoms with Gasteiger partial charge in [0.2, 0.25) is 10.0 Å². The van der Waals surface area contributed by atoms with Gasteiger partial charge in [0.15, 0.2) is 0 Å². The first-order valence-electron chi connectivity index (χ1n) is 7.45. The Hall–Kier alpha value is -1.63. The van der Waals surface area contributed by atoms with E-state index in [9.17, 15) is 13.5 Å². The van der Waals surface area contributed by atoms with Gasteiger partial charge in [-0.05, 0) is 69.0 Å². The van der Waals surface area contributed by atoms with Gasteiger partial charge in [-0.25, -0.2) is 13.1 Å². The van der Waals surface area contributed by atoms with Crippen molar-refractivity contribution in [1.29, 1.82) is 0 Å². The summed E-state index contributed by atoms with van der Waals surface area (Å²) in [6.07, 6.45) is -1.02. The Morgan fingerprint density at radius 3 is 2.13 bits per heavy atom. The molecule has 0 saturated carbocycles. The Bertz CT molecular complexity index is 795. The number of benzene rings is 1. The third-order valence-corrected chi connectivity index (χ3v) is 5.82. The molecule has 0 saturated heterocycles. The van der Waals surface area contributed by atoms with Gasteiger partial charge >= 0.3 is 0 Å². The van der Waals surface area contributed by atoms with Gasteiger partial charge in [0.25, 0.3) is 0 Å². The van der Waals surface area contributed by atoms with Gasteiger partial charge in [0.05, 0.1) is 4.90 Å². The summed E-state index contributed by atoms with van der Waals surface area (Å²) in [5.74, 6) is 1.02. The Morgan fingerprint density at radius 1 is 1.09 bits per heavy atom. The van der Waals surface area contributed by atoms with Crippen molar-refractivity contribution in [2.24, 2.45) is 0 Å². The van der Waals surface area contributed by atoms with Crippen molar-refractivity contribution >= 4 is 10.0 Å². The molecule has 2 rings (SSSR count). The molecule has 0 aliphatic heterocycles. The topological polar surface area (TPSA) is 79.5 Å². The lowest BCUT2D eigenvalue weighted by molar-refractivity contribution is 0.152. The van der Waals surface area contributed by atoms with E-state index in [1.54, 1.807) is 32.9 Å². The molecular weight excluding hydrogens is 314 g/mol. The lowest BCUT2D eigenvalue weighted by atomic mass is 10.0. The first kappa shape index (κ1) is 17.7. The normalized spacial score (nSPS) is 13.3. The number of hydrogen-bond acceptors (Lipinski definition) is 4. The van der Waals surface area contributed by atoms with Crippen molar-refractivity contribution in [3.63, 3.8) is 0 Å². The van der Waals surface area contributed by atoms with Crippen molar-refractivity contribution in [3.05, 3.63) is 52.0 Å². The summed E-state index contributed by atoms with van der Waals surface area (Å²) in [6.45, 7) is 9.00. The number of aliphatic hydroxyl groups excluding tert-OH is 1. The van der Waals surface area contributed by atoms with Crippen molar-refractivity contribution < 1.29 is 17.9 Å². The van der Waals surface area contributed by atoms with Crippen LogP contribution < -0.4 is 4.72 Å². The molecule has 0 aliphatic rings. The van der Waals surface area contributed by atoms with Gasteiger partial charge in [-0.1, -0.05) is 6.07 Å². The van der Waals surface area contributed by atoms with Crippen LogP contribution in [0.4, 0.5) is 0 Å². The molecule has 5 nitrogen and oxygen atoms in total. The van der Waals surface area contributed by atoms with Crippen LogP contribution in [0.1, 0.15) is 39.9 Å². The molecule has 23 heavy (non-hydrogen) atoms. The molecule has 1 heterocycles. The summed E-state index contributed by atoms with van der Waals surface area (Å²) in [4.78, 5) is 0.290. The molecular formula is C17H23NO4S. The highest BCUT2D eigenvalue weighted by molar-refractivity contribution is 7.89. The van der Waals surface area contributed by atoms with Crippen molar-refractivity contribution in [1.82, 2.24) is 4.72 Å². The van der Waals surface area contributed by atoms with Crippen LogP contribution in [0.15, 0.2) is 27.5 Å². The van der Waals surface area contributed by atoms with Crippen LogP contribution >= 0.6 is 0 Å². The fraction of sp³-hybridized carbons (Fsp3) is 0.412. The van der Waals surface area contributed by atoms with E-state index in [0.717, 1.165) is 22.3 Å². The smallest absolute Gasteiger partial charge is 0.241 e. The third kappa shape index (κ3) is 3.65. The Morgan fingerprint density at radius 2 is 1.65 bits per heavy atom. The van der Waals surface area contributed by atoms with Crippen molar-refractivity contribution in [2.75, 3.05) is 6.54 Å². The first-order chi connectivity index (χ1) is 10.6. The number of furan rings is 1. The van der Waals surface area contributed by atoms with Gasteiger partial charge in [0, 0.05) is 6.54 Å². The van der Waals surface area contributed by atoms with E-state index in [2.05, 4.69) is 4.72 Å².